The van der Waals surface area contributed by atoms with Gasteiger partial charge in [0.05, 0.1) is 18.8 Å². The molecular weight excluding hydrogens is 244 g/mol. The molecule has 0 radical (unpaired) electrons. The van der Waals surface area contributed by atoms with Crippen LogP contribution in [0.2, 0.25) is 0 Å². The van der Waals surface area contributed by atoms with E-state index in [0.717, 1.165) is 25.1 Å². The van der Waals surface area contributed by atoms with E-state index in [9.17, 15) is 4.79 Å². The maximum absolute atomic E-state index is 11.8. The summed E-state index contributed by atoms with van der Waals surface area (Å²) in [6.45, 7) is 2.79. The lowest BCUT2D eigenvalue weighted by Gasteiger charge is -2.29. The van der Waals surface area contributed by atoms with E-state index in [4.69, 9.17) is 15.2 Å². The minimum Gasteiger partial charge on any atom is -0.465 e. The third-order valence-electron chi connectivity index (χ3n) is 3.29. The Balaban J connectivity index is 2.17. The summed E-state index contributed by atoms with van der Waals surface area (Å²) < 4.78 is 10.3. The van der Waals surface area contributed by atoms with Gasteiger partial charge < -0.3 is 20.5 Å². The van der Waals surface area contributed by atoms with Crippen molar-refractivity contribution in [2.45, 2.75) is 31.9 Å². The molecule has 1 saturated heterocycles. The van der Waals surface area contributed by atoms with Gasteiger partial charge >= 0.3 is 5.97 Å². The third kappa shape index (κ3) is 3.38. The zero-order valence-corrected chi connectivity index (χ0v) is 11.3. The molecule has 1 aliphatic rings. The Hall–Kier alpha value is -1.75. The van der Waals surface area contributed by atoms with Gasteiger partial charge in [-0.1, -0.05) is 0 Å². The summed E-state index contributed by atoms with van der Waals surface area (Å²) in [5, 5.41) is 3.39. The predicted octanol–water partition coefficient (Wildman–Crippen LogP) is 2.03. The van der Waals surface area contributed by atoms with Crippen molar-refractivity contribution < 1.29 is 14.3 Å². The summed E-state index contributed by atoms with van der Waals surface area (Å²) in [5.41, 5.74) is 7.50. The topological polar surface area (TPSA) is 73.6 Å². The van der Waals surface area contributed by atoms with Crippen molar-refractivity contribution >= 4 is 17.3 Å². The molecule has 0 spiro atoms. The highest BCUT2D eigenvalue weighted by molar-refractivity contribution is 5.96. The molecule has 1 aromatic carbocycles. The minimum absolute atomic E-state index is 0.238. The van der Waals surface area contributed by atoms with Crippen LogP contribution in [-0.2, 0) is 9.47 Å². The van der Waals surface area contributed by atoms with Crippen molar-refractivity contribution in [1.29, 1.82) is 0 Å². The number of esters is 1. The van der Waals surface area contributed by atoms with Gasteiger partial charge in [0, 0.05) is 24.0 Å². The molecule has 2 rings (SSSR count). The fourth-order valence-corrected chi connectivity index (χ4v) is 2.32. The molecule has 5 nitrogen and oxygen atoms in total. The molecule has 1 aliphatic heterocycles. The molecule has 5 heteroatoms. The molecule has 0 aromatic heterocycles. The van der Waals surface area contributed by atoms with Crippen LogP contribution in [0.5, 0.6) is 0 Å². The van der Waals surface area contributed by atoms with E-state index in [2.05, 4.69) is 12.2 Å². The number of anilines is 2. The average Bonchev–Trinajstić information content (AvgIpc) is 2.40. The molecule has 1 fully saturated rings. The Morgan fingerprint density at radius 2 is 2.32 bits per heavy atom. The van der Waals surface area contributed by atoms with Crippen LogP contribution in [0.25, 0.3) is 0 Å². The van der Waals surface area contributed by atoms with E-state index in [0.29, 0.717) is 17.3 Å². The highest BCUT2D eigenvalue weighted by Crippen LogP contribution is 2.24. The summed E-state index contributed by atoms with van der Waals surface area (Å²) in [7, 11) is 1.37. The molecule has 104 valence electrons. The van der Waals surface area contributed by atoms with Gasteiger partial charge in [-0.2, -0.15) is 0 Å². The molecule has 3 N–H and O–H groups in total. The van der Waals surface area contributed by atoms with E-state index < -0.39 is 0 Å². The quantitative estimate of drug-likeness (QED) is 0.645. The SMILES string of the molecule is COC(=O)c1cc(N)ccc1NC1CCOC(C)C1. The van der Waals surface area contributed by atoms with E-state index in [1.54, 1.807) is 12.1 Å². The molecule has 1 heterocycles. The van der Waals surface area contributed by atoms with Gasteiger partial charge in [0.25, 0.3) is 0 Å². The van der Waals surface area contributed by atoms with Gasteiger partial charge in [0.1, 0.15) is 0 Å². The fraction of sp³-hybridized carbons (Fsp3) is 0.500. The van der Waals surface area contributed by atoms with Crippen LogP contribution in [0.1, 0.15) is 30.1 Å². The Bertz CT molecular complexity index is 462. The van der Waals surface area contributed by atoms with Gasteiger partial charge in [0.15, 0.2) is 0 Å². The standard InChI is InChI=1S/C14H20N2O3/c1-9-7-11(5-6-19-9)16-13-4-3-10(15)8-12(13)14(17)18-2/h3-4,8-9,11,16H,5-7,15H2,1-2H3. The van der Waals surface area contributed by atoms with Crippen LogP contribution in [0, 0.1) is 0 Å². The van der Waals surface area contributed by atoms with Crippen molar-refractivity contribution in [3.05, 3.63) is 23.8 Å². The van der Waals surface area contributed by atoms with Gasteiger partial charge in [-0.05, 0) is 38.0 Å². The molecule has 0 bridgehead atoms. The summed E-state index contributed by atoms with van der Waals surface area (Å²) in [6, 6.07) is 5.53. The second kappa shape index (κ2) is 5.93. The zero-order valence-electron chi connectivity index (χ0n) is 11.3. The summed E-state index contributed by atoms with van der Waals surface area (Å²) in [6.07, 6.45) is 2.09. The molecule has 2 unspecified atom stereocenters. The molecule has 0 amide bonds. The van der Waals surface area contributed by atoms with Gasteiger partial charge in [-0.25, -0.2) is 4.79 Å². The fourth-order valence-electron chi connectivity index (χ4n) is 2.32. The van der Waals surface area contributed by atoms with Gasteiger partial charge in [0.2, 0.25) is 0 Å². The smallest absolute Gasteiger partial charge is 0.340 e. The monoisotopic (exact) mass is 264 g/mol. The number of methoxy groups -OCH3 is 1. The molecule has 19 heavy (non-hydrogen) atoms. The van der Waals surface area contributed by atoms with Crippen molar-refractivity contribution in [3.8, 4) is 0 Å². The van der Waals surface area contributed by atoms with Crippen LogP contribution in [0.15, 0.2) is 18.2 Å². The van der Waals surface area contributed by atoms with E-state index in [-0.39, 0.29) is 12.1 Å². The normalized spacial score (nSPS) is 22.8. The number of benzene rings is 1. The molecule has 1 aromatic rings. The Morgan fingerprint density at radius 3 is 3.00 bits per heavy atom. The lowest BCUT2D eigenvalue weighted by Crippen LogP contribution is -2.33. The highest BCUT2D eigenvalue weighted by Gasteiger charge is 2.21. The predicted molar refractivity (Wildman–Crippen MR) is 74.3 cm³/mol. The number of ether oxygens (including phenoxy) is 2. The van der Waals surface area contributed by atoms with Crippen molar-refractivity contribution in [3.63, 3.8) is 0 Å². The van der Waals surface area contributed by atoms with Gasteiger partial charge in [-0.3, -0.25) is 0 Å². The number of nitrogen functional groups attached to an aromatic ring is 1. The minimum atomic E-state index is -0.380. The number of hydrogen-bond donors (Lipinski definition) is 2. The molecular formula is C14H20N2O3. The Morgan fingerprint density at radius 1 is 1.53 bits per heavy atom. The summed E-state index contributed by atoms with van der Waals surface area (Å²) >= 11 is 0. The summed E-state index contributed by atoms with van der Waals surface area (Å²) in [5.74, 6) is -0.380. The molecule has 0 aliphatic carbocycles. The second-order valence-electron chi connectivity index (χ2n) is 4.84. The van der Waals surface area contributed by atoms with Crippen molar-refractivity contribution in [2.75, 3.05) is 24.8 Å². The van der Waals surface area contributed by atoms with Crippen molar-refractivity contribution in [2.24, 2.45) is 0 Å². The number of rotatable bonds is 3. The largest absolute Gasteiger partial charge is 0.465 e. The first-order valence-corrected chi connectivity index (χ1v) is 6.46. The van der Waals surface area contributed by atoms with E-state index >= 15 is 0 Å². The molecule has 2 atom stereocenters. The first-order chi connectivity index (χ1) is 9.10. The van der Waals surface area contributed by atoms with Crippen LogP contribution < -0.4 is 11.1 Å². The summed E-state index contributed by atoms with van der Waals surface area (Å²) in [4.78, 5) is 11.8. The number of carbonyl (C=O) groups excluding carboxylic acids is 1. The lowest BCUT2D eigenvalue weighted by atomic mass is 10.0. The lowest BCUT2D eigenvalue weighted by molar-refractivity contribution is 0.0232. The zero-order chi connectivity index (χ0) is 13.8. The van der Waals surface area contributed by atoms with E-state index in [1.165, 1.54) is 7.11 Å². The van der Waals surface area contributed by atoms with Crippen molar-refractivity contribution in [1.82, 2.24) is 0 Å². The van der Waals surface area contributed by atoms with Crippen LogP contribution in [-0.4, -0.2) is 31.8 Å². The maximum atomic E-state index is 11.8. The number of carbonyl (C=O) groups is 1. The Kier molecular flexibility index (Phi) is 4.27. The van der Waals surface area contributed by atoms with E-state index in [1.807, 2.05) is 6.07 Å². The highest BCUT2D eigenvalue weighted by atomic mass is 16.5. The first kappa shape index (κ1) is 13.7. The number of hydrogen-bond acceptors (Lipinski definition) is 5. The van der Waals surface area contributed by atoms with Crippen LogP contribution >= 0.6 is 0 Å². The van der Waals surface area contributed by atoms with Crippen LogP contribution in [0.3, 0.4) is 0 Å². The number of nitrogens with two attached hydrogens (primary N) is 1. The number of nitrogens with one attached hydrogen (secondary N) is 1. The average molecular weight is 264 g/mol. The van der Waals surface area contributed by atoms with Crippen LogP contribution in [0.4, 0.5) is 11.4 Å². The van der Waals surface area contributed by atoms with Gasteiger partial charge in [-0.15, -0.1) is 0 Å². The maximum Gasteiger partial charge on any atom is 0.340 e. The third-order valence-corrected chi connectivity index (χ3v) is 3.29. The second-order valence-corrected chi connectivity index (χ2v) is 4.84. The Labute approximate surface area is 113 Å². The first-order valence-electron chi connectivity index (χ1n) is 6.46. The molecule has 0 saturated carbocycles.